The molecule has 6 nitrogen and oxygen atoms in total. The van der Waals surface area contributed by atoms with Crippen LogP contribution >= 0.6 is 23.2 Å². The Labute approximate surface area is 178 Å². The summed E-state index contributed by atoms with van der Waals surface area (Å²) >= 11 is 12.4. The van der Waals surface area contributed by atoms with Crippen LogP contribution in [0.3, 0.4) is 0 Å². The van der Waals surface area contributed by atoms with Gasteiger partial charge in [0.25, 0.3) is 5.91 Å². The molecule has 1 amide bonds. The first-order valence-corrected chi connectivity index (χ1v) is 9.29. The summed E-state index contributed by atoms with van der Waals surface area (Å²) in [6.07, 6.45) is 0.625. The number of methoxy groups -OCH3 is 2. The molecule has 1 unspecified atom stereocenters. The number of halogens is 2. The fourth-order valence-corrected chi connectivity index (χ4v) is 3.24. The SMILES string of the molecule is COc1cccc(OC)c1C(Oc1cc(Cl)ccc1Cl)c1ncccc1C(N)=O. The van der Waals surface area contributed by atoms with Gasteiger partial charge in [-0.3, -0.25) is 9.78 Å². The van der Waals surface area contributed by atoms with Crippen LogP contribution in [-0.4, -0.2) is 25.1 Å². The minimum Gasteiger partial charge on any atom is -0.496 e. The van der Waals surface area contributed by atoms with E-state index in [1.54, 1.807) is 54.7 Å². The van der Waals surface area contributed by atoms with Gasteiger partial charge in [-0.25, -0.2) is 0 Å². The van der Waals surface area contributed by atoms with E-state index in [0.29, 0.717) is 38.6 Å². The molecular formula is C21H18Cl2N2O4. The molecule has 1 aromatic heterocycles. The number of benzene rings is 2. The number of carbonyl (C=O) groups excluding carboxylic acids is 1. The first kappa shape index (κ1) is 20.8. The number of nitrogens with zero attached hydrogens (tertiary/aromatic N) is 1. The van der Waals surface area contributed by atoms with E-state index in [1.165, 1.54) is 14.2 Å². The number of primary amides is 1. The Morgan fingerprint density at radius 3 is 2.31 bits per heavy atom. The van der Waals surface area contributed by atoms with Crippen LogP contribution in [-0.2, 0) is 0 Å². The Balaban J connectivity index is 2.27. The molecule has 0 aliphatic rings. The average molecular weight is 433 g/mol. The topological polar surface area (TPSA) is 83.7 Å². The van der Waals surface area contributed by atoms with Gasteiger partial charge in [-0.2, -0.15) is 0 Å². The zero-order valence-electron chi connectivity index (χ0n) is 15.7. The molecule has 3 rings (SSSR count). The second kappa shape index (κ2) is 9.03. The number of nitrogens with two attached hydrogens (primary N) is 1. The fourth-order valence-electron chi connectivity index (χ4n) is 2.92. The van der Waals surface area contributed by atoms with Crippen molar-refractivity contribution in [3.8, 4) is 17.2 Å². The number of carbonyl (C=O) groups is 1. The lowest BCUT2D eigenvalue weighted by molar-refractivity contribution is 0.0995. The lowest BCUT2D eigenvalue weighted by atomic mass is 9.99. The predicted octanol–water partition coefficient (Wildman–Crippen LogP) is 4.67. The van der Waals surface area contributed by atoms with Crippen LogP contribution < -0.4 is 19.9 Å². The highest BCUT2D eigenvalue weighted by Crippen LogP contribution is 2.42. The number of ether oxygens (including phenoxy) is 3. The van der Waals surface area contributed by atoms with Crippen molar-refractivity contribution in [2.24, 2.45) is 5.73 Å². The fraction of sp³-hybridized carbons (Fsp3) is 0.143. The molecular weight excluding hydrogens is 415 g/mol. The molecule has 0 saturated heterocycles. The van der Waals surface area contributed by atoms with Crippen molar-refractivity contribution in [1.82, 2.24) is 4.98 Å². The van der Waals surface area contributed by atoms with Gasteiger partial charge in [0.2, 0.25) is 0 Å². The Kier molecular flexibility index (Phi) is 6.46. The van der Waals surface area contributed by atoms with Crippen molar-refractivity contribution >= 4 is 29.1 Å². The maximum absolute atomic E-state index is 12.1. The van der Waals surface area contributed by atoms with E-state index in [9.17, 15) is 4.79 Å². The van der Waals surface area contributed by atoms with E-state index < -0.39 is 12.0 Å². The molecule has 1 heterocycles. The highest BCUT2D eigenvalue weighted by atomic mass is 35.5. The minimum atomic E-state index is -0.916. The van der Waals surface area contributed by atoms with E-state index in [-0.39, 0.29) is 5.56 Å². The molecule has 0 radical (unpaired) electrons. The number of aromatic nitrogens is 1. The molecule has 150 valence electrons. The van der Waals surface area contributed by atoms with Crippen molar-refractivity contribution in [1.29, 1.82) is 0 Å². The lowest BCUT2D eigenvalue weighted by Gasteiger charge is -2.24. The van der Waals surface area contributed by atoms with E-state index in [0.717, 1.165) is 0 Å². The van der Waals surface area contributed by atoms with E-state index in [4.69, 9.17) is 43.1 Å². The highest BCUT2D eigenvalue weighted by molar-refractivity contribution is 6.34. The standard InChI is InChI=1S/C21H18Cl2N2O4/c1-27-15-6-3-7-16(28-2)18(15)20(19-13(21(24)26)5-4-10-25-19)29-17-11-12(22)8-9-14(17)23/h3-11,20H,1-2H3,(H2,24,26). The van der Waals surface area contributed by atoms with Gasteiger partial charge in [0.15, 0.2) is 6.10 Å². The van der Waals surface area contributed by atoms with Crippen molar-refractivity contribution in [3.63, 3.8) is 0 Å². The summed E-state index contributed by atoms with van der Waals surface area (Å²) in [6, 6.07) is 13.3. The second-order valence-corrected chi connectivity index (χ2v) is 6.79. The number of amides is 1. The summed E-state index contributed by atoms with van der Waals surface area (Å²) in [5, 5.41) is 0.774. The Bertz CT molecular complexity index is 1020. The molecule has 3 aromatic rings. The monoisotopic (exact) mass is 432 g/mol. The normalized spacial score (nSPS) is 11.6. The third-order valence-corrected chi connectivity index (χ3v) is 4.77. The molecule has 0 spiro atoms. The van der Waals surface area contributed by atoms with E-state index in [1.807, 2.05) is 0 Å². The quantitative estimate of drug-likeness (QED) is 0.586. The number of pyridine rings is 1. The number of rotatable bonds is 7. The van der Waals surface area contributed by atoms with Gasteiger partial charge in [-0.15, -0.1) is 0 Å². The third kappa shape index (κ3) is 4.39. The first-order valence-electron chi connectivity index (χ1n) is 8.53. The van der Waals surface area contributed by atoms with Gasteiger partial charge in [0.1, 0.15) is 17.2 Å². The first-order chi connectivity index (χ1) is 14.0. The molecule has 0 aliphatic heterocycles. The van der Waals surface area contributed by atoms with Gasteiger partial charge in [-0.1, -0.05) is 29.3 Å². The van der Waals surface area contributed by atoms with E-state index in [2.05, 4.69) is 4.98 Å². The highest BCUT2D eigenvalue weighted by Gasteiger charge is 2.30. The van der Waals surface area contributed by atoms with Crippen molar-refractivity contribution in [2.45, 2.75) is 6.10 Å². The van der Waals surface area contributed by atoms with Gasteiger partial charge >= 0.3 is 0 Å². The van der Waals surface area contributed by atoms with Crippen LogP contribution in [0.5, 0.6) is 17.2 Å². The zero-order valence-corrected chi connectivity index (χ0v) is 17.2. The van der Waals surface area contributed by atoms with Crippen LogP contribution in [0, 0.1) is 0 Å². The molecule has 2 N–H and O–H groups in total. The number of hydrogen-bond donors (Lipinski definition) is 1. The average Bonchev–Trinajstić information content (AvgIpc) is 2.73. The number of hydrogen-bond acceptors (Lipinski definition) is 5. The Hall–Kier alpha value is -2.96. The molecule has 0 fully saturated rings. The molecule has 8 heteroatoms. The summed E-state index contributed by atoms with van der Waals surface area (Å²) in [7, 11) is 3.05. The van der Waals surface area contributed by atoms with Crippen LogP contribution in [0.15, 0.2) is 54.7 Å². The molecule has 1 atom stereocenters. The molecule has 0 saturated carbocycles. The lowest BCUT2D eigenvalue weighted by Crippen LogP contribution is -2.21. The maximum Gasteiger partial charge on any atom is 0.250 e. The molecule has 0 aliphatic carbocycles. The largest absolute Gasteiger partial charge is 0.496 e. The minimum absolute atomic E-state index is 0.198. The molecule has 2 aromatic carbocycles. The van der Waals surface area contributed by atoms with Crippen molar-refractivity contribution in [2.75, 3.05) is 14.2 Å². The maximum atomic E-state index is 12.1. The van der Waals surface area contributed by atoms with Gasteiger partial charge < -0.3 is 19.9 Å². The summed E-state index contributed by atoms with van der Waals surface area (Å²) in [5.74, 6) is 0.619. The van der Waals surface area contributed by atoms with Crippen molar-refractivity contribution in [3.05, 3.63) is 81.6 Å². The Morgan fingerprint density at radius 2 is 1.69 bits per heavy atom. The zero-order chi connectivity index (χ0) is 21.0. The smallest absolute Gasteiger partial charge is 0.250 e. The molecule has 29 heavy (non-hydrogen) atoms. The van der Waals surface area contributed by atoms with Crippen molar-refractivity contribution < 1.29 is 19.0 Å². The van der Waals surface area contributed by atoms with Gasteiger partial charge in [0.05, 0.1) is 36.1 Å². The summed E-state index contributed by atoms with van der Waals surface area (Å²) in [5.41, 5.74) is 6.59. The van der Waals surface area contributed by atoms with Gasteiger partial charge in [-0.05, 0) is 36.4 Å². The van der Waals surface area contributed by atoms with E-state index >= 15 is 0 Å². The Morgan fingerprint density at radius 1 is 1.00 bits per heavy atom. The predicted molar refractivity (Wildman–Crippen MR) is 111 cm³/mol. The summed E-state index contributed by atoms with van der Waals surface area (Å²) in [6.45, 7) is 0. The molecule has 0 bridgehead atoms. The van der Waals surface area contributed by atoms with Crippen LogP contribution in [0.25, 0.3) is 0 Å². The summed E-state index contributed by atoms with van der Waals surface area (Å²) < 4.78 is 17.3. The van der Waals surface area contributed by atoms with Crippen LogP contribution in [0.4, 0.5) is 0 Å². The van der Waals surface area contributed by atoms with Crippen LogP contribution in [0.1, 0.15) is 27.7 Å². The second-order valence-electron chi connectivity index (χ2n) is 5.95. The summed E-state index contributed by atoms with van der Waals surface area (Å²) in [4.78, 5) is 16.4. The van der Waals surface area contributed by atoms with Gasteiger partial charge in [0, 0.05) is 17.3 Å². The third-order valence-electron chi connectivity index (χ3n) is 4.22. The van der Waals surface area contributed by atoms with Crippen LogP contribution in [0.2, 0.25) is 10.0 Å².